The van der Waals surface area contributed by atoms with Gasteiger partial charge in [0.2, 0.25) is 0 Å². The summed E-state index contributed by atoms with van der Waals surface area (Å²) in [5, 5.41) is 7.59. The fourth-order valence-corrected chi connectivity index (χ4v) is 2.62. The second-order valence-electron chi connectivity index (χ2n) is 3.98. The van der Waals surface area contributed by atoms with Crippen LogP contribution in [0.3, 0.4) is 0 Å². The number of nitrogen functional groups attached to an aromatic ring is 1. The molecule has 0 bridgehead atoms. The SMILES string of the molecule is COP(=O)(OC)c1ccccc1.N=C(N)c1ccccc1. The molecule has 0 heterocycles. The van der Waals surface area contributed by atoms with Crippen LogP contribution in [-0.4, -0.2) is 20.1 Å². The van der Waals surface area contributed by atoms with Crippen molar-refractivity contribution in [2.24, 2.45) is 5.73 Å². The van der Waals surface area contributed by atoms with E-state index >= 15 is 0 Å². The number of benzene rings is 2. The summed E-state index contributed by atoms with van der Waals surface area (Å²) in [5.41, 5.74) is 5.97. The first-order valence-corrected chi connectivity index (χ1v) is 7.74. The molecule has 0 radical (unpaired) electrons. The van der Waals surface area contributed by atoms with Crippen molar-refractivity contribution in [2.75, 3.05) is 14.2 Å². The van der Waals surface area contributed by atoms with Gasteiger partial charge in [0.05, 0.1) is 5.30 Å². The molecule has 3 N–H and O–H groups in total. The highest BCUT2D eigenvalue weighted by Gasteiger charge is 2.23. The van der Waals surface area contributed by atoms with Crippen molar-refractivity contribution in [3.8, 4) is 0 Å². The maximum Gasteiger partial charge on any atom is 0.360 e. The van der Waals surface area contributed by atoms with Crippen molar-refractivity contribution < 1.29 is 13.6 Å². The van der Waals surface area contributed by atoms with Gasteiger partial charge in [0, 0.05) is 19.8 Å². The highest BCUT2D eigenvalue weighted by atomic mass is 31.2. The van der Waals surface area contributed by atoms with Gasteiger partial charge in [0.25, 0.3) is 0 Å². The summed E-state index contributed by atoms with van der Waals surface area (Å²) in [7, 11) is -0.289. The van der Waals surface area contributed by atoms with Gasteiger partial charge in [-0.3, -0.25) is 9.97 Å². The molecule has 6 heteroatoms. The van der Waals surface area contributed by atoms with Gasteiger partial charge in [-0.25, -0.2) is 0 Å². The van der Waals surface area contributed by atoms with E-state index in [4.69, 9.17) is 20.2 Å². The molecule has 0 aliphatic carbocycles. The summed E-state index contributed by atoms with van der Waals surface area (Å²) in [4.78, 5) is 0. The summed E-state index contributed by atoms with van der Waals surface area (Å²) >= 11 is 0. The quantitative estimate of drug-likeness (QED) is 0.517. The molecule has 112 valence electrons. The Kier molecular flexibility index (Phi) is 6.82. The fraction of sp³-hybridized carbons (Fsp3) is 0.133. The van der Waals surface area contributed by atoms with Crippen molar-refractivity contribution in [3.05, 3.63) is 66.2 Å². The predicted octanol–water partition coefficient (Wildman–Crippen LogP) is 2.77. The Balaban J connectivity index is 0.000000219. The van der Waals surface area contributed by atoms with Crippen molar-refractivity contribution in [3.63, 3.8) is 0 Å². The zero-order chi connectivity index (χ0) is 15.7. The Bertz CT molecular complexity index is 595. The number of nitrogens with one attached hydrogen (secondary N) is 1. The van der Waals surface area contributed by atoms with Gasteiger partial charge in [0.15, 0.2) is 0 Å². The molecular formula is C15H19N2O3P. The molecule has 0 amide bonds. The van der Waals surface area contributed by atoms with E-state index in [-0.39, 0.29) is 5.84 Å². The van der Waals surface area contributed by atoms with E-state index in [1.165, 1.54) is 14.2 Å². The molecule has 0 aliphatic rings. The third-order valence-electron chi connectivity index (χ3n) is 2.64. The Labute approximate surface area is 124 Å². The smallest absolute Gasteiger partial charge is 0.360 e. The highest BCUT2D eigenvalue weighted by Crippen LogP contribution is 2.44. The second-order valence-corrected chi connectivity index (χ2v) is 6.22. The molecule has 2 aromatic rings. The first-order chi connectivity index (χ1) is 10.0. The minimum atomic E-state index is -3.03. The van der Waals surface area contributed by atoms with Crippen LogP contribution in [-0.2, 0) is 13.6 Å². The minimum Gasteiger partial charge on any atom is -0.384 e. The van der Waals surface area contributed by atoms with Crippen molar-refractivity contribution in [2.45, 2.75) is 0 Å². The van der Waals surface area contributed by atoms with Gasteiger partial charge >= 0.3 is 7.60 Å². The van der Waals surface area contributed by atoms with Gasteiger partial charge in [-0.05, 0) is 12.1 Å². The van der Waals surface area contributed by atoms with Gasteiger partial charge in [-0.2, -0.15) is 0 Å². The summed E-state index contributed by atoms with van der Waals surface area (Å²) in [5.74, 6) is 0.121. The molecule has 0 unspecified atom stereocenters. The second kappa shape index (κ2) is 8.37. The molecule has 2 aromatic carbocycles. The lowest BCUT2D eigenvalue weighted by molar-refractivity contribution is 0.287. The van der Waals surface area contributed by atoms with Crippen LogP contribution in [0.2, 0.25) is 0 Å². The fourth-order valence-electron chi connectivity index (χ4n) is 1.51. The summed E-state index contributed by atoms with van der Waals surface area (Å²) in [6.07, 6.45) is 0. The normalized spacial score (nSPS) is 10.4. The molecule has 2 rings (SSSR count). The minimum absolute atomic E-state index is 0.121. The Morgan fingerprint density at radius 1 is 0.952 bits per heavy atom. The number of rotatable bonds is 4. The molecular weight excluding hydrogens is 287 g/mol. The average molecular weight is 306 g/mol. The first-order valence-electron chi connectivity index (χ1n) is 6.20. The van der Waals surface area contributed by atoms with Gasteiger partial charge in [0.1, 0.15) is 5.84 Å². The van der Waals surface area contributed by atoms with E-state index in [1.54, 1.807) is 24.3 Å². The number of hydrogen-bond acceptors (Lipinski definition) is 4. The van der Waals surface area contributed by atoms with Crippen LogP contribution in [0.5, 0.6) is 0 Å². The molecule has 21 heavy (non-hydrogen) atoms. The molecule has 5 nitrogen and oxygen atoms in total. The number of hydrogen-bond donors (Lipinski definition) is 2. The van der Waals surface area contributed by atoms with E-state index in [9.17, 15) is 4.57 Å². The zero-order valence-electron chi connectivity index (χ0n) is 12.0. The lowest BCUT2D eigenvalue weighted by atomic mass is 10.2. The van der Waals surface area contributed by atoms with Gasteiger partial charge in [-0.1, -0.05) is 48.5 Å². The van der Waals surface area contributed by atoms with Crippen LogP contribution in [0, 0.1) is 5.41 Å². The molecule has 0 saturated heterocycles. The summed E-state index contributed by atoms with van der Waals surface area (Å²) in [6, 6.07) is 18.1. The maximum absolute atomic E-state index is 11.7. The number of nitrogens with two attached hydrogens (primary N) is 1. The summed E-state index contributed by atoms with van der Waals surface area (Å²) < 4.78 is 21.3. The topological polar surface area (TPSA) is 85.4 Å². The van der Waals surface area contributed by atoms with E-state index < -0.39 is 7.60 Å². The zero-order valence-corrected chi connectivity index (χ0v) is 12.9. The van der Waals surface area contributed by atoms with E-state index in [2.05, 4.69) is 0 Å². The Hall–Kier alpha value is -1.94. The summed E-state index contributed by atoms with van der Waals surface area (Å²) in [6.45, 7) is 0. The van der Waals surface area contributed by atoms with E-state index in [0.29, 0.717) is 5.30 Å². The molecule has 0 atom stereocenters. The predicted molar refractivity (Wildman–Crippen MR) is 85.2 cm³/mol. The maximum atomic E-state index is 11.7. The van der Waals surface area contributed by atoms with Gasteiger partial charge in [-0.15, -0.1) is 0 Å². The number of amidine groups is 1. The molecule has 0 aliphatic heterocycles. The molecule has 0 aromatic heterocycles. The van der Waals surface area contributed by atoms with Crippen LogP contribution in [0.15, 0.2) is 60.7 Å². The van der Waals surface area contributed by atoms with E-state index in [1.807, 2.05) is 36.4 Å². The van der Waals surface area contributed by atoms with Crippen molar-refractivity contribution in [1.82, 2.24) is 0 Å². The third-order valence-corrected chi connectivity index (χ3v) is 4.53. The van der Waals surface area contributed by atoms with Crippen LogP contribution < -0.4 is 11.0 Å². The van der Waals surface area contributed by atoms with Crippen LogP contribution in [0.1, 0.15) is 5.56 Å². The lowest BCUT2D eigenvalue weighted by Crippen LogP contribution is -2.10. The molecule has 0 saturated carbocycles. The monoisotopic (exact) mass is 306 g/mol. The lowest BCUT2D eigenvalue weighted by Gasteiger charge is -2.12. The Morgan fingerprint density at radius 3 is 1.71 bits per heavy atom. The van der Waals surface area contributed by atoms with Crippen LogP contribution in [0.4, 0.5) is 0 Å². The Morgan fingerprint density at radius 2 is 1.38 bits per heavy atom. The standard InChI is InChI=1S/C8H11O3P.C7H8N2/c1-10-12(9,11-2)8-6-4-3-5-7-8;8-7(9)6-4-2-1-3-5-6/h3-7H,1-2H3;1-5H,(H3,8,9). The van der Waals surface area contributed by atoms with E-state index in [0.717, 1.165) is 5.56 Å². The van der Waals surface area contributed by atoms with Crippen molar-refractivity contribution >= 4 is 18.7 Å². The van der Waals surface area contributed by atoms with Crippen LogP contribution >= 0.6 is 7.60 Å². The van der Waals surface area contributed by atoms with Crippen LogP contribution in [0.25, 0.3) is 0 Å². The van der Waals surface area contributed by atoms with Crippen molar-refractivity contribution in [1.29, 1.82) is 5.41 Å². The van der Waals surface area contributed by atoms with Gasteiger partial charge < -0.3 is 14.8 Å². The molecule has 0 fully saturated rings. The third kappa shape index (κ3) is 5.16. The first kappa shape index (κ1) is 17.1. The largest absolute Gasteiger partial charge is 0.384 e. The average Bonchev–Trinajstić information content (AvgIpc) is 2.56. The highest BCUT2D eigenvalue weighted by molar-refractivity contribution is 7.62. The molecule has 0 spiro atoms.